The predicted molar refractivity (Wildman–Crippen MR) is 112 cm³/mol. The van der Waals surface area contributed by atoms with E-state index in [0.29, 0.717) is 29.0 Å². The van der Waals surface area contributed by atoms with Gasteiger partial charge in [0.25, 0.3) is 5.56 Å². The van der Waals surface area contributed by atoms with Gasteiger partial charge in [0.15, 0.2) is 5.16 Å². The summed E-state index contributed by atoms with van der Waals surface area (Å²) in [5.74, 6) is -0.749. The molecule has 1 unspecified atom stereocenters. The lowest BCUT2D eigenvalue weighted by Gasteiger charge is -2.18. The van der Waals surface area contributed by atoms with E-state index in [1.165, 1.54) is 23.5 Å². The third-order valence-corrected chi connectivity index (χ3v) is 6.07. The molecule has 162 valence electrons. The lowest BCUT2D eigenvalue weighted by atomic mass is 9.97. The Hall–Kier alpha value is -2.29. The molecule has 1 heterocycles. The Morgan fingerprint density at radius 3 is 2.77 bits per heavy atom. The quantitative estimate of drug-likeness (QED) is 0.393. The third kappa shape index (κ3) is 5.87. The molecular weight excluding hydrogens is 415 g/mol. The van der Waals surface area contributed by atoms with Crippen LogP contribution in [0.25, 0.3) is 10.9 Å². The lowest BCUT2D eigenvalue weighted by Crippen LogP contribution is -2.38. The Labute approximate surface area is 176 Å². The van der Waals surface area contributed by atoms with Crippen molar-refractivity contribution in [3.63, 3.8) is 0 Å². The maximum atomic E-state index is 13.1. The van der Waals surface area contributed by atoms with Gasteiger partial charge in [-0.25, -0.2) is 4.98 Å². The molecule has 9 heteroatoms. The van der Waals surface area contributed by atoms with E-state index in [1.54, 1.807) is 24.3 Å². The highest BCUT2D eigenvalue weighted by Gasteiger charge is 2.29. The van der Waals surface area contributed by atoms with Gasteiger partial charge in [-0.05, 0) is 51.2 Å². The van der Waals surface area contributed by atoms with Gasteiger partial charge in [0.2, 0.25) is 5.91 Å². The predicted octanol–water partition coefficient (Wildman–Crippen LogP) is 4.45. The lowest BCUT2D eigenvalue weighted by molar-refractivity contribution is -0.137. The molecule has 2 aromatic rings. The normalized spacial score (nSPS) is 15.7. The van der Waals surface area contributed by atoms with Crippen molar-refractivity contribution in [2.75, 3.05) is 6.54 Å². The number of hydrogen-bond donors (Lipinski definition) is 1. The molecule has 1 aromatic heterocycles. The Morgan fingerprint density at radius 1 is 1.30 bits per heavy atom. The van der Waals surface area contributed by atoms with Crippen LogP contribution in [0.4, 0.5) is 13.2 Å². The molecule has 3 rings (SSSR count). The first-order chi connectivity index (χ1) is 14.2. The SMILES string of the molecule is CC(Sc1nc2ccccc2c(=O)n1CCC1=CCCCC1)C(=O)NCC(F)(F)F. The topological polar surface area (TPSA) is 64.0 Å². The van der Waals surface area contributed by atoms with Gasteiger partial charge in [0.05, 0.1) is 16.2 Å². The first kappa shape index (κ1) is 22.4. The Morgan fingerprint density at radius 2 is 2.07 bits per heavy atom. The molecule has 1 atom stereocenters. The zero-order chi connectivity index (χ0) is 21.7. The summed E-state index contributed by atoms with van der Waals surface area (Å²) >= 11 is 0.997. The average molecular weight is 440 g/mol. The van der Waals surface area contributed by atoms with Crippen molar-refractivity contribution < 1.29 is 18.0 Å². The minimum absolute atomic E-state index is 0.206. The maximum Gasteiger partial charge on any atom is 0.405 e. The van der Waals surface area contributed by atoms with Crippen LogP contribution in [0.5, 0.6) is 0 Å². The molecule has 1 aliphatic rings. The highest BCUT2D eigenvalue weighted by Crippen LogP contribution is 2.25. The summed E-state index contributed by atoms with van der Waals surface area (Å²) in [6.45, 7) is 0.538. The van der Waals surface area contributed by atoms with Crippen molar-refractivity contribution in [2.45, 2.75) is 62.2 Å². The van der Waals surface area contributed by atoms with Gasteiger partial charge in [-0.2, -0.15) is 13.2 Å². The highest BCUT2D eigenvalue weighted by atomic mass is 32.2. The number of benzene rings is 1. The minimum Gasteiger partial charge on any atom is -0.346 e. The van der Waals surface area contributed by atoms with E-state index in [1.807, 2.05) is 5.32 Å². The van der Waals surface area contributed by atoms with Crippen molar-refractivity contribution in [1.29, 1.82) is 0 Å². The van der Waals surface area contributed by atoms with Crippen LogP contribution in [-0.4, -0.2) is 33.4 Å². The van der Waals surface area contributed by atoms with Crippen LogP contribution in [0.1, 0.15) is 39.0 Å². The number of hydrogen-bond acceptors (Lipinski definition) is 4. The van der Waals surface area contributed by atoms with Gasteiger partial charge in [-0.15, -0.1) is 0 Å². The summed E-state index contributed by atoms with van der Waals surface area (Å²) < 4.78 is 38.7. The summed E-state index contributed by atoms with van der Waals surface area (Å²) in [4.78, 5) is 29.7. The fraction of sp³-hybridized carbons (Fsp3) is 0.476. The molecule has 5 nitrogen and oxygen atoms in total. The van der Waals surface area contributed by atoms with Gasteiger partial charge < -0.3 is 5.32 Å². The number of rotatable bonds is 7. The first-order valence-corrected chi connectivity index (χ1v) is 10.8. The molecule has 1 amide bonds. The number of para-hydroxylation sites is 1. The summed E-state index contributed by atoms with van der Waals surface area (Å²) in [5.41, 5.74) is 1.59. The van der Waals surface area contributed by atoms with Gasteiger partial charge in [-0.3, -0.25) is 14.2 Å². The van der Waals surface area contributed by atoms with Crippen LogP contribution in [0.3, 0.4) is 0 Å². The molecule has 0 spiro atoms. The number of nitrogens with one attached hydrogen (secondary N) is 1. The van der Waals surface area contributed by atoms with Gasteiger partial charge in [-0.1, -0.05) is 35.5 Å². The van der Waals surface area contributed by atoms with E-state index in [9.17, 15) is 22.8 Å². The van der Waals surface area contributed by atoms with E-state index in [-0.39, 0.29) is 5.56 Å². The molecule has 0 bridgehead atoms. The summed E-state index contributed by atoms with van der Waals surface area (Å²) in [6.07, 6.45) is 2.80. The van der Waals surface area contributed by atoms with Crippen LogP contribution in [0.15, 0.2) is 45.9 Å². The fourth-order valence-electron chi connectivity index (χ4n) is 3.36. The highest BCUT2D eigenvalue weighted by molar-refractivity contribution is 8.00. The van der Waals surface area contributed by atoms with Crippen molar-refractivity contribution in [3.05, 3.63) is 46.3 Å². The molecule has 0 fully saturated rings. The third-order valence-electron chi connectivity index (χ3n) is 4.98. The molecule has 0 aliphatic heterocycles. The molecule has 0 radical (unpaired) electrons. The average Bonchev–Trinajstić information content (AvgIpc) is 2.72. The monoisotopic (exact) mass is 439 g/mol. The number of thioether (sulfide) groups is 1. The number of allylic oxidation sites excluding steroid dienone is 2. The molecule has 1 aromatic carbocycles. The summed E-state index contributed by atoms with van der Waals surface area (Å²) in [7, 11) is 0. The largest absolute Gasteiger partial charge is 0.405 e. The van der Waals surface area contributed by atoms with E-state index >= 15 is 0 Å². The Kier molecular flexibility index (Phi) is 7.23. The number of fused-ring (bicyclic) bond motifs is 1. The number of aromatic nitrogens is 2. The van der Waals surface area contributed by atoms with E-state index in [0.717, 1.165) is 31.0 Å². The number of carbonyl (C=O) groups excluding carboxylic acids is 1. The van der Waals surface area contributed by atoms with Gasteiger partial charge in [0.1, 0.15) is 6.54 Å². The Bertz CT molecular complexity index is 1000. The smallest absolute Gasteiger partial charge is 0.346 e. The second-order valence-corrected chi connectivity index (χ2v) is 8.63. The van der Waals surface area contributed by atoms with Crippen LogP contribution in [0.2, 0.25) is 0 Å². The number of nitrogens with zero attached hydrogens (tertiary/aromatic N) is 2. The second kappa shape index (κ2) is 9.68. The Balaban J connectivity index is 1.84. The first-order valence-electron chi connectivity index (χ1n) is 9.93. The van der Waals surface area contributed by atoms with Crippen molar-refractivity contribution in [2.24, 2.45) is 0 Å². The van der Waals surface area contributed by atoms with E-state index in [2.05, 4.69) is 11.1 Å². The number of alkyl halides is 3. The van der Waals surface area contributed by atoms with Crippen LogP contribution in [0, 0.1) is 0 Å². The van der Waals surface area contributed by atoms with Gasteiger partial charge in [0, 0.05) is 6.54 Å². The summed E-state index contributed by atoms with van der Waals surface area (Å²) in [6, 6.07) is 6.94. The molecule has 1 aliphatic carbocycles. The van der Waals surface area contributed by atoms with Crippen molar-refractivity contribution in [1.82, 2.24) is 14.9 Å². The summed E-state index contributed by atoms with van der Waals surface area (Å²) in [5, 5.41) is 1.87. The molecule has 1 N–H and O–H groups in total. The van der Waals surface area contributed by atoms with Crippen LogP contribution in [-0.2, 0) is 11.3 Å². The van der Waals surface area contributed by atoms with Crippen molar-refractivity contribution in [3.8, 4) is 0 Å². The van der Waals surface area contributed by atoms with Gasteiger partial charge >= 0.3 is 6.18 Å². The maximum absolute atomic E-state index is 13.1. The number of amides is 1. The van der Waals surface area contributed by atoms with E-state index in [4.69, 9.17) is 0 Å². The molecular formula is C21H24F3N3O2S. The van der Waals surface area contributed by atoms with Crippen LogP contribution < -0.4 is 10.9 Å². The zero-order valence-electron chi connectivity index (χ0n) is 16.7. The number of halogens is 3. The minimum atomic E-state index is -4.48. The fourth-order valence-corrected chi connectivity index (χ4v) is 4.32. The van der Waals surface area contributed by atoms with Crippen LogP contribution >= 0.6 is 11.8 Å². The molecule has 0 saturated heterocycles. The standard InChI is InChI=1S/C21H24F3N3O2S/c1-14(18(28)25-13-21(22,23)24)30-20-26-17-10-6-5-9-16(17)19(29)27(20)12-11-15-7-3-2-4-8-15/h5-7,9-10,14H,2-4,8,11-13H2,1H3,(H,25,28). The zero-order valence-corrected chi connectivity index (χ0v) is 17.5. The molecule has 30 heavy (non-hydrogen) atoms. The molecule has 0 saturated carbocycles. The second-order valence-electron chi connectivity index (χ2n) is 7.32. The number of carbonyl (C=O) groups is 1. The van der Waals surface area contributed by atoms with Crippen molar-refractivity contribution >= 4 is 28.6 Å². The van der Waals surface area contributed by atoms with E-state index < -0.39 is 23.9 Å².